The normalized spacial score (nSPS) is 11.2. The fourth-order valence-electron chi connectivity index (χ4n) is 1.31. The number of rotatable bonds is 3. The van der Waals surface area contributed by atoms with Crippen LogP contribution in [0.4, 0.5) is 0 Å². The minimum absolute atomic E-state index is 0.310. The van der Waals surface area contributed by atoms with Crippen LogP contribution in [0.1, 0.15) is 25.7 Å². The average Bonchev–Trinajstić information content (AvgIpc) is 2.75. The van der Waals surface area contributed by atoms with Crippen LogP contribution in [0.5, 0.6) is 0 Å². The lowest BCUT2D eigenvalue weighted by molar-refractivity contribution is 0.487. The van der Waals surface area contributed by atoms with Gasteiger partial charge in [-0.15, -0.1) is 5.10 Å². The third-order valence-electron chi connectivity index (χ3n) is 1.95. The van der Waals surface area contributed by atoms with E-state index in [0.29, 0.717) is 12.6 Å². The molecule has 0 N–H and O–H groups in total. The molecule has 15 heavy (non-hydrogen) atoms. The number of hydrogen-bond acceptors (Lipinski definition) is 4. The summed E-state index contributed by atoms with van der Waals surface area (Å²) >= 11 is 2.08. The summed E-state index contributed by atoms with van der Waals surface area (Å²) in [5, 5.41) is 8.36. The van der Waals surface area contributed by atoms with Gasteiger partial charge in [0.2, 0.25) is 3.83 Å². The Kier molecular flexibility index (Phi) is 2.98. The second-order valence-electron chi connectivity index (χ2n) is 3.43. The fraction of sp³-hybridized carbons (Fsp3) is 0.500. The van der Waals surface area contributed by atoms with Gasteiger partial charge in [0, 0.05) is 28.6 Å². The van der Waals surface area contributed by atoms with Gasteiger partial charge in [0.25, 0.3) is 0 Å². The zero-order valence-corrected chi connectivity index (χ0v) is 10.7. The SMILES string of the molecule is CC(C)n1ncnc1Cn1cnc(I)n1. The van der Waals surface area contributed by atoms with Gasteiger partial charge in [-0.2, -0.15) is 5.10 Å². The van der Waals surface area contributed by atoms with Crippen LogP contribution >= 0.6 is 22.6 Å². The van der Waals surface area contributed by atoms with E-state index in [2.05, 4.69) is 56.6 Å². The molecule has 0 aliphatic rings. The predicted molar refractivity (Wildman–Crippen MR) is 62.2 cm³/mol. The molecular weight excluding hydrogens is 307 g/mol. The molecule has 0 radical (unpaired) electrons. The highest BCUT2D eigenvalue weighted by Gasteiger charge is 2.08. The molecule has 2 aromatic rings. The molecule has 0 saturated heterocycles. The van der Waals surface area contributed by atoms with Gasteiger partial charge in [0.1, 0.15) is 25.0 Å². The van der Waals surface area contributed by atoms with E-state index in [4.69, 9.17) is 0 Å². The highest BCUT2D eigenvalue weighted by atomic mass is 127. The molecule has 0 unspecified atom stereocenters. The van der Waals surface area contributed by atoms with Gasteiger partial charge in [-0.1, -0.05) is 0 Å². The third-order valence-corrected chi connectivity index (χ3v) is 2.44. The second kappa shape index (κ2) is 4.25. The van der Waals surface area contributed by atoms with E-state index in [1.807, 2.05) is 4.68 Å². The Morgan fingerprint density at radius 2 is 2.20 bits per heavy atom. The van der Waals surface area contributed by atoms with E-state index in [-0.39, 0.29) is 0 Å². The average molecular weight is 318 g/mol. The summed E-state index contributed by atoms with van der Waals surface area (Å²) in [6, 6.07) is 0.310. The first-order valence-corrected chi connectivity index (χ1v) is 5.68. The fourth-order valence-corrected chi connectivity index (χ4v) is 1.71. The summed E-state index contributed by atoms with van der Waals surface area (Å²) in [4.78, 5) is 8.26. The number of aromatic nitrogens is 6. The molecule has 0 fully saturated rings. The van der Waals surface area contributed by atoms with Gasteiger partial charge in [-0.05, 0) is 13.8 Å². The molecule has 7 heteroatoms. The van der Waals surface area contributed by atoms with Crippen molar-refractivity contribution in [3.8, 4) is 0 Å². The summed E-state index contributed by atoms with van der Waals surface area (Å²) in [6.45, 7) is 4.75. The standard InChI is InChI=1S/C8H11IN6/c1-6(2)15-7(10-4-12-15)3-14-5-11-8(9)13-14/h4-6H,3H2,1-2H3. The van der Waals surface area contributed by atoms with Crippen LogP contribution < -0.4 is 0 Å². The summed E-state index contributed by atoms with van der Waals surface area (Å²) in [7, 11) is 0. The first kappa shape index (κ1) is 10.5. The Balaban J connectivity index is 2.20. The molecule has 0 amide bonds. The molecule has 0 aliphatic heterocycles. The van der Waals surface area contributed by atoms with Crippen LogP contribution in [0.3, 0.4) is 0 Å². The lowest BCUT2D eigenvalue weighted by Crippen LogP contribution is -2.12. The minimum Gasteiger partial charge on any atom is -0.246 e. The molecule has 2 heterocycles. The van der Waals surface area contributed by atoms with Crippen LogP contribution in [0.25, 0.3) is 0 Å². The predicted octanol–water partition coefficient (Wildman–Crippen LogP) is 1.10. The Hall–Kier alpha value is -0.990. The van der Waals surface area contributed by atoms with Crippen molar-refractivity contribution in [1.29, 1.82) is 0 Å². The van der Waals surface area contributed by atoms with E-state index in [1.165, 1.54) is 0 Å². The van der Waals surface area contributed by atoms with Crippen LogP contribution in [0.15, 0.2) is 12.7 Å². The number of nitrogens with zero attached hydrogens (tertiary/aromatic N) is 6. The van der Waals surface area contributed by atoms with Gasteiger partial charge < -0.3 is 0 Å². The highest BCUT2D eigenvalue weighted by Crippen LogP contribution is 2.06. The second-order valence-corrected chi connectivity index (χ2v) is 4.39. The summed E-state index contributed by atoms with van der Waals surface area (Å²) < 4.78 is 4.38. The Morgan fingerprint density at radius 1 is 1.40 bits per heavy atom. The maximum atomic E-state index is 4.20. The van der Waals surface area contributed by atoms with Crippen molar-refractivity contribution < 1.29 is 0 Å². The van der Waals surface area contributed by atoms with Crippen molar-refractivity contribution in [2.45, 2.75) is 26.4 Å². The molecule has 2 aromatic heterocycles. The largest absolute Gasteiger partial charge is 0.246 e. The van der Waals surface area contributed by atoms with Crippen molar-refractivity contribution in [3.05, 3.63) is 22.3 Å². The molecule has 6 nitrogen and oxygen atoms in total. The molecule has 0 aromatic carbocycles. The van der Waals surface area contributed by atoms with Gasteiger partial charge >= 0.3 is 0 Å². The number of halogens is 1. The highest BCUT2D eigenvalue weighted by molar-refractivity contribution is 14.1. The first-order chi connectivity index (χ1) is 7.16. The molecule has 0 bridgehead atoms. The Labute approximate surface area is 101 Å². The zero-order chi connectivity index (χ0) is 10.8. The lowest BCUT2D eigenvalue weighted by Gasteiger charge is -2.08. The smallest absolute Gasteiger partial charge is 0.211 e. The number of hydrogen-bond donors (Lipinski definition) is 0. The van der Waals surface area contributed by atoms with Gasteiger partial charge in [0.05, 0.1) is 0 Å². The van der Waals surface area contributed by atoms with Gasteiger partial charge in [-0.3, -0.25) is 0 Å². The minimum atomic E-state index is 0.310. The topological polar surface area (TPSA) is 61.4 Å². The third kappa shape index (κ3) is 2.33. The van der Waals surface area contributed by atoms with Crippen molar-refractivity contribution in [1.82, 2.24) is 29.5 Å². The Bertz CT molecular complexity index is 445. The molecular formula is C8H11IN6. The van der Waals surface area contributed by atoms with E-state index >= 15 is 0 Å². The van der Waals surface area contributed by atoms with Gasteiger partial charge in [-0.25, -0.2) is 19.3 Å². The van der Waals surface area contributed by atoms with Crippen LogP contribution in [-0.2, 0) is 6.54 Å². The molecule has 0 spiro atoms. The summed E-state index contributed by atoms with van der Waals surface area (Å²) in [5.74, 6) is 0.895. The van der Waals surface area contributed by atoms with E-state index in [1.54, 1.807) is 17.3 Å². The summed E-state index contributed by atoms with van der Waals surface area (Å²) in [5.41, 5.74) is 0. The molecule has 80 valence electrons. The molecule has 0 saturated carbocycles. The monoisotopic (exact) mass is 318 g/mol. The zero-order valence-electron chi connectivity index (χ0n) is 8.50. The van der Waals surface area contributed by atoms with Crippen LogP contribution in [-0.4, -0.2) is 29.5 Å². The van der Waals surface area contributed by atoms with E-state index in [0.717, 1.165) is 9.66 Å². The maximum Gasteiger partial charge on any atom is 0.211 e. The van der Waals surface area contributed by atoms with E-state index < -0.39 is 0 Å². The lowest BCUT2D eigenvalue weighted by atomic mass is 10.4. The molecule has 0 atom stereocenters. The van der Waals surface area contributed by atoms with Crippen LogP contribution in [0.2, 0.25) is 0 Å². The molecule has 2 rings (SSSR count). The van der Waals surface area contributed by atoms with Crippen molar-refractivity contribution in [2.24, 2.45) is 0 Å². The first-order valence-electron chi connectivity index (χ1n) is 4.60. The quantitative estimate of drug-likeness (QED) is 0.795. The van der Waals surface area contributed by atoms with Crippen molar-refractivity contribution in [3.63, 3.8) is 0 Å². The summed E-state index contributed by atoms with van der Waals surface area (Å²) in [6.07, 6.45) is 3.26. The maximum absolute atomic E-state index is 4.20. The van der Waals surface area contributed by atoms with Crippen molar-refractivity contribution >= 4 is 22.6 Å². The van der Waals surface area contributed by atoms with E-state index in [9.17, 15) is 0 Å². The Morgan fingerprint density at radius 3 is 2.80 bits per heavy atom. The van der Waals surface area contributed by atoms with Gasteiger partial charge in [0.15, 0.2) is 0 Å². The molecule has 0 aliphatic carbocycles. The van der Waals surface area contributed by atoms with Crippen LogP contribution in [0, 0.1) is 3.83 Å². The van der Waals surface area contributed by atoms with Crippen molar-refractivity contribution in [2.75, 3.05) is 0 Å².